The molecular formula is C17H27ClN4. The first-order valence-electron chi connectivity index (χ1n) is 7.93. The van der Waals surface area contributed by atoms with Gasteiger partial charge in [-0.3, -0.25) is 4.99 Å². The Morgan fingerprint density at radius 2 is 2.32 bits per heavy atom. The van der Waals surface area contributed by atoms with E-state index in [0.29, 0.717) is 5.92 Å². The number of benzene rings is 1. The van der Waals surface area contributed by atoms with Crippen LogP contribution in [0.3, 0.4) is 0 Å². The summed E-state index contributed by atoms with van der Waals surface area (Å²) in [6.07, 6.45) is 2.59. The number of piperidine rings is 1. The maximum atomic E-state index is 6.05. The molecule has 0 aromatic heterocycles. The van der Waals surface area contributed by atoms with Crippen molar-refractivity contribution in [1.82, 2.24) is 15.1 Å². The van der Waals surface area contributed by atoms with Gasteiger partial charge in [-0.05, 0) is 50.0 Å². The normalized spacial score (nSPS) is 20.0. The molecule has 5 heteroatoms. The largest absolute Gasteiger partial charge is 0.356 e. The summed E-state index contributed by atoms with van der Waals surface area (Å²) < 4.78 is 0. The van der Waals surface area contributed by atoms with E-state index < -0.39 is 0 Å². The van der Waals surface area contributed by atoms with Crippen LogP contribution >= 0.6 is 11.6 Å². The van der Waals surface area contributed by atoms with Gasteiger partial charge in [-0.2, -0.15) is 0 Å². The van der Waals surface area contributed by atoms with Crippen LogP contribution in [0.5, 0.6) is 0 Å². The molecule has 1 fully saturated rings. The van der Waals surface area contributed by atoms with Crippen molar-refractivity contribution in [2.45, 2.75) is 19.4 Å². The standard InChI is InChI=1S/C17H27ClN4/c1-19-17(20-11-15-7-5-9-21(2)12-15)22(3)13-14-6-4-8-16(18)10-14/h4,6,8,10,15H,5,7,9,11-13H2,1-3H3,(H,19,20). The van der Waals surface area contributed by atoms with Crippen molar-refractivity contribution >= 4 is 17.6 Å². The van der Waals surface area contributed by atoms with Crippen molar-refractivity contribution in [2.75, 3.05) is 40.8 Å². The molecular weight excluding hydrogens is 296 g/mol. The van der Waals surface area contributed by atoms with Crippen LogP contribution in [0.2, 0.25) is 5.02 Å². The highest BCUT2D eigenvalue weighted by atomic mass is 35.5. The highest BCUT2D eigenvalue weighted by Gasteiger charge is 2.18. The van der Waals surface area contributed by atoms with Gasteiger partial charge in [0.05, 0.1) is 0 Å². The second-order valence-electron chi connectivity index (χ2n) is 6.18. The van der Waals surface area contributed by atoms with E-state index in [1.807, 2.05) is 25.2 Å². The van der Waals surface area contributed by atoms with E-state index in [9.17, 15) is 0 Å². The molecule has 1 heterocycles. The Hall–Kier alpha value is -1.26. The maximum absolute atomic E-state index is 6.05. The first-order chi connectivity index (χ1) is 10.6. The molecule has 1 saturated heterocycles. The molecule has 1 aliphatic rings. The molecule has 1 aliphatic heterocycles. The summed E-state index contributed by atoms with van der Waals surface area (Å²) in [5.74, 6) is 1.64. The maximum Gasteiger partial charge on any atom is 0.193 e. The van der Waals surface area contributed by atoms with Gasteiger partial charge in [0, 0.05) is 38.8 Å². The SMILES string of the molecule is CN=C(NCC1CCCN(C)C1)N(C)Cc1cccc(Cl)c1. The summed E-state index contributed by atoms with van der Waals surface area (Å²) in [5, 5.41) is 4.29. The molecule has 1 aromatic rings. The quantitative estimate of drug-likeness (QED) is 0.683. The van der Waals surface area contributed by atoms with Crippen molar-refractivity contribution in [3.8, 4) is 0 Å². The lowest BCUT2D eigenvalue weighted by atomic mass is 9.98. The molecule has 0 radical (unpaired) electrons. The summed E-state index contributed by atoms with van der Waals surface area (Å²) in [5.41, 5.74) is 1.19. The monoisotopic (exact) mass is 322 g/mol. The molecule has 4 nitrogen and oxygen atoms in total. The molecule has 0 saturated carbocycles. The van der Waals surface area contributed by atoms with Gasteiger partial charge >= 0.3 is 0 Å². The fourth-order valence-corrected chi connectivity index (χ4v) is 3.26. The van der Waals surface area contributed by atoms with Crippen LogP contribution in [0.25, 0.3) is 0 Å². The Balaban J connectivity index is 1.85. The summed E-state index contributed by atoms with van der Waals surface area (Å²) in [6, 6.07) is 7.98. The summed E-state index contributed by atoms with van der Waals surface area (Å²) >= 11 is 6.05. The molecule has 0 bridgehead atoms. The minimum absolute atomic E-state index is 0.704. The highest BCUT2D eigenvalue weighted by molar-refractivity contribution is 6.30. The molecule has 22 heavy (non-hydrogen) atoms. The Bertz CT molecular complexity index is 503. The smallest absolute Gasteiger partial charge is 0.193 e. The first-order valence-corrected chi connectivity index (χ1v) is 8.31. The van der Waals surface area contributed by atoms with Crippen molar-refractivity contribution in [2.24, 2.45) is 10.9 Å². The van der Waals surface area contributed by atoms with E-state index in [2.05, 4.69) is 40.3 Å². The number of hydrogen-bond acceptors (Lipinski definition) is 2. The van der Waals surface area contributed by atoms with E-state index in [1.165, 1.54) is 31.5 Å². The van der Waals surface area contributed by atoms with E-state index in [-0.39, 0.29) is 0 Å². The van der Waals surface area contributed by atoms with E-state index in [1.54, 1.807) is 0 Å². The summed E-state index contributed by atoms with van der Waals surface area (Å²) in [6.45, 7) is 4.17. The van der Waals surface area contributed by atoms with Gasteiger partial charge in [0.15, 0.2) is 5.96 Å². The Morgan fingerprint density at radius 3 is 3.00 bits per heavy atom. The van der Waals surface area contributed by atoms with Crippen LogP contribution in [0, 0.1) is 5.92 Å². The predicted octanol–water partition coefficient (Wildman–Crippen LogP) is 2.69. The van der Waals surface area contributed by atoms with Crippen LogP contribution in [0.15, 0.2) is 29.3 Å². The molecule has 0 amide bonds. The average Bonchev–Trinajstić information content (AvgIpc) is 2.48. The number of nitrogens with one attached hydrogen (secondary N) is 1. The van der Waals surface area contributed by atoms with E-state index in [0.717, 1.165) is 24.1 Å². The lowest BCUT2D eigenvalue weighted by molar-refractivity contribution is 0.209. The van der Waals surface area contributed by atoms with Gasteiger partial charge in [0.25, 0.3) is 0 Å². The Kier molecular flexibility index (Phi) is 6.52. The predicted molar refractivity (Wildman–Crippen MR) is 94.5 cm³/mol. The Morgan fingerprint density at radius 1 is 1.50 bits per heavy atom. The minimum atomic E-state index is 0.704. The topological polar surface area (TPSA) is 30.9 Å². The number of guanidine groups is 1. The van der Waals surface area contributed by atoms with Gasteiger partial charge in [-0.15, -0.1) is 0 Å². The number of hydrogen-bond donors (Lipinski definition) is 1. The van der Waals surface area contributed by atoms with Crippen LogP contribution in [-0.2, 0) is 6.54 Å². The third-order valence-electron chi connectivity index (χ3n) is 4.15. The van der Waals surface area contributed by atoms with E-state index >= 15 is 0 Å². The minimum Gasteiger partial charge on any atom is -0.356 e. The third kappa shape index (κ3) is 5.18. The lowest BCUT2D eigenvalue weighted by Crippen LogP contribution is -2.44. The van der Waals surface area contributed by atoms with Crippen LogP contribution in [0.4, 0.5) is 0 Å². The second kappa shape index (κ2) is 8.39. The number of nitrogens with zero attached hydrogens (tertiary/aromatic N) is 3. The van der Waals surface area contributed by atoms with Crippen molar-refractivity contribution in [3.05, 3.63) is 34.9 Å². The average molecular weight is 323 g/mol. The third-order valence-corrected chi connectivity index (χ3v) is 4.39. The van der Waals surface area contributed by atoms with Gasteiger partial charge in [0.1, 0.15) is 0 Å². The van der Waals surface area contributed by atoms with Gasteiger partial charge in [0.2, 0.25) is 0 Å². The van der Waals surface area contributed by atoms with Gasteiger partial charge in [-0.1, -0.05) is 23.7 Å². The Labute approximate surface area is 139 Å². The van der Waals surface area contributed by atoms with Crippen molar-refractivity contribution < 1.29 is 0 Å². The zero-order valence-corrected chi connectivity index (χ0v) is 14.6. The van der Waals surface area contributed by atoms with Crippen LogP contribution in [-0.4, -0.2) is 56.5 Å². The van der Waals surface area contributed by atoms with E-state index in [4.69, 9.17) is 11.6 Å². The van der Waals surface area contributed by atoms with Gasteiger partial charge < -0.3 is 15.1 Å². The van der Waals surface area contributed by atoms with Crippen LogP contribution < -0.4 is 5.32 Å². The fourth-order valence-electron chi connectivity index (χ4n) is 3.04. The second-order valence-corrected chi connectivity index (χ2v) is 6.62. The van der Waals surface area contributed by atoms with Crippen LogP contribution in [0.1, 0.15) is 18.4 Å². The molecule has 1 aromatic carbocycles. The molecule has 1 N–H and O–H groups in total. The molecule has 0 spiro atoms. The molecule has 1 atom stereocenters. The molecule has 122 valence electrons. The zero-order chi connectivity index (χ0) is 15.9. The molecule has 1 unspecified atom stereocenters. The number of rotatable bonds is 4. The molecule has 2 rings (SSSR count). The van der Waals surface area contributed by atoms with Crippen molar-refractivity contribution in [1.29, 1.82) is 0 Å². The first kappa shape index (κ1) is 17.1. The highest BCUT2D eigenvalue weighted by Crippen LogP contribution is 2.14. The summed E-state index contributed by atoms with van der Waals surface area (Å²) in [4.78, 5) is 8.94. The lowest BCUT2D eigenvalue weighted by Gasteiger charge is -2.31. The number of aliphatic imine (C=N–C) groups is 1. The van der Waals surface area contributed by atoms with Gasteiger partial charge in [-0.25, -0.2) is 0 Å². The molecule has 0 aliphatic carbocycles. The zero-order valence-electron chi connectivity index (χ0n) is 13.8. The number of likely N-dealkylation sites (tertiary alicyclic amines) is 1. The van der Waals surface area contributed by atoms with Crippen molar-refractivity contribution in [3.63, 3.8) is 0 Å². The fraction of sp³-hybridized carbons (Fsp3) is 0.588. The summed E-state index contributed by atoms with van der Waals surface area (Å²) in [7, 11) is 6.10. The number of halogens is 1.